The van der Waals surface area contributed by atoms with Crippen LogP contribution in [0.5, 0.6) is 0 Å². The molecule has 0 bridgehead atoms. The predicted molar refractivity (Wildman–Crippen MR) is 127 cm³/mol. The maximum atomic E-state index is 12.7. The average molecular weight is 482 g/mol. The van der Waals surface area contributed by atoms with Crippen molar-refractivity contribution in [3.8, 4) is 0 Å². The molecule has 1 saturated heterocycles. The molecule has 2 aromatic carbocycles. The van der Waals surface area contributed by atoms with Crippen molar-refractivity contribution in [1.82, 2.24) is 10.2 Å². The second kappa shape index (κ2) is 10.8. The van der Waals surface area contributed by atoms with E-state index in [4.69, 9.17) is 9.47 Å². The van der Waals surface area contributed by atoms with Gasteiger partial charge in [0, 0.05) is 12.1 Å². The van der Waals surface area contributed by atoms with Gasteiger partial charge in [-0.1, -0.05) is 42.5 Å². The van der Waals surface area contributed by atoms with E-state index < -0.39 is 40.6 Å². The van der Waals surface area contributed by atoms with Crippen molar-refractivity contribution in [2.45, 2.75) is 45.1 Å². The SMILES string of the molecule is CC(C)(C)OC(=O)NC1C(=O)N(CC(=O)OCc2ccc([N+](=O)[O-])cc2)C1C=Cc1ccccc1. The van der Waals surface area contributed by atoms with Gasteiger partial charge in [0.1, 0.15) is 24.8 Å². The summed E-state index contributed by atoms with van der Waals surface area (Å²) in [7, 11) is 0. The number of esters is 1. The first-order valence-corrected chi connectivity index (χ1v) is 11.0. The van der Waals surface area contributed by atoms with Crippen molar-refractivity contribution in [3.05, 3.63) is 81.9 Å². The van der Waals surface area contributed by atoms with E-state index in [2.05, 4.69) is 5.32 Å². The molecule has 0 saturated carbocycles. The molecule has 0 aliphatic carbocycles. The first-order chi connectivity index (χ1) is 16.5. The average Bonchev–Trinajstić information content (AvgIpc) is 2.81. The van der Waals surface area contributed by atoms with Crippen molar-refractivity contribution in [2.24, 2.45) is 0 Å². The normalized spacial score (nSPS) is 17.6. The lowest BCUT2D eigenvalue weighted by atomic mass is 9.94. The van der Waals surface area contributed by atoms with Crippen molar-refractivity contribution < 1.29 is 28.8 Å². The number of hydrogen-bond acceptors (Lipinski definition) is 7. The highest BCUT2D eigenvalue weighted by Gasteiger charge is 2.48. The number of nitro groups is 1. The molecule has 2 aromatic rings. The van der Waals surface area contributed by atoms with Crippen molar-refractivity contribution in [2.75, 3.05) is 6.54 Å². The Morgan fingerprint density at radius 2 is 1.77 bits per heavy atom. The van der Waals surface area contributed by atoms with E-state index in [0.29, 0.717) is 5.56 Å². The Morgan fingerprint density at radius 1 is 1.11 bits per heavy atom. The summed E-state index contributed by atoms with van der Waals surface area (Å²) < 4.78 is 10.5. The molecule has 2 atom stereocenters. The summed E-state index contributed by atoms with van der Waals surface area (Å²) in [6.45, 7) is 4.74. The maximum Gasteiger partial charge on any atom is 0.408 e. The van der Waals surface area contributed by atoms with Gasteiger partial charge in [-0.05, 0) is 44.0 Å². The van der Waals surface area contributed by atoms with Crippen LogP contribution in [0.2, 0.25) is 0 Å². The molecule has 0 aromatic heterocycles. The van der Waals surface area contributed by atoms with E-state index in [1.807, 2.05) is 30.3 Å². The lowest BCUT2D eigenvalue weighted by molar-refractivity contribution is -0.384. The first-order valence-electron chi connectivity index (χ1n) is 11.0. The van der Waals surface area contributed by atoms with E-state index in [1.54, 1.807) is 32.9 Å². The van der Waals surface area contributed by atoms with Crippen LogP contribution in [-0.4, -0.2) is 52.0 Å². The second-order valence-electron chi connectivity index (χ2n) is 8.93. The summed E-state index contributed by atoms with van der Waals surface area (Å²) in [5.41, 5.74) is 0.670. The van der Waals surface area contributed by atoms with Crippen LogP contribution < -0.4 is 5.32 Å². The molecule has 1 heterocycles. The minimum atomic E-state index is -0.882. The third kappa shape index (κ3) is 7.13. The van der Waals surface area contributed by atoms with Crippen LogP contribution in [-0.2, 0) is 25.7 Å². The monoisotopic (exact) mass is 481 g/mol. The Morgan fingerprint density at radius 3 is 2.37 bits per heavy atom. The Hall–Kier alpha value is -4.21. The predicted octanol–water partition coefficient (Wildman–Crippen LogP) is 3.46. The van der Waals surface area contributed by atoms with Crippen LogP contribution in [0.15, 0.2) is 60.7 Å². The van der Waals surface area contributed by atoms with Crippen LogP contribution in [0.3, 0.4) is 0 Å². The molecule has 10 nitrogen and oxygen atoms in total. The number of β-lactam (4-membered cyclic amide) rings is 1. The zero-order chi connectivity index (χ0) is 25.6. The van der Waals surface area contributed by atoms with Crippen LogP contribution in [0.25, 0.3) is 6.08 Å². The smallest absolute Gasteiger partial charge is 0.408 e. The minimum absolute atomic E-state index is 0.0668. The van der Waals surface area contributed by atoms with Gasteiger partial charge in [0.2, 0.25) is 5.91 Å². The van der Waals surface area contributed by atoms with E-state index in [0.717, 1.165) is 5.56 Å². The second-order valence-corrected chi connectivity index (χ2v) is 8.93. The molecule has 2 amide bonds. The van der Waals surface area contributed by atoms with E-state index in [9.17, 15) is 24.5 Å². The Kier molecular flexibility index (Phi) is 7.85. The summed E-state index contributed by atoms with van der Waals surface area (Å²) in [5.74, 6) is -1.09. The van der Waals surface area contributed by atoms with Gasteiger partial charge in [0.25, 0.3) is 5.69 Å². The highest BCUT2D eigenvalue weighted by Crippen LogP contribution is 2.23. The van der Waals surface area contributed by atoms with Crippen molar-refractivity contribution >= 4 is 29.7 Å². The van der Waals surface area contributed by atoms with E-state index >= 15 is 0 Å². The van der Waals surface area contributed by atoms with Gasteiger partial charge in [-0.3, -0.25) is 19.7 Å². The minimum Gasteiger partial charge on any atom is -0.459 e. The zero-order valence-corrected chi connectivity index (χ0v) is 19.7. The molecule has 3 rings (SSSR count). The van der Waals surface area contributed by atoms with E-state index in [-0.39, 0.29) is 18.8 Å². The zero-order valence-electron chi connectivity index (χ0n) is 19.7. The Bertz CT molecular complexity index is 1110. The molecular formula is C25H27N3O7. The number of carbonyl (C=O) groups excluding carboxylic acids is 3. The number of benzene rings is 2. The molecule has 0 radical (unpaired) electrons. The summed E-state index contributed by atoms with van der Waals surface area (Å²) in [6.07, 6.45) is 2.81. The molecule has 0 spiro atoms. The highest BCUT2D eigenvalue weighted by atomic mass is 16.6. The van der Waals surface area contributed by atoms with Gasteiger partial charge in [-0.25, -0.2) is 4.79 Å². The van der Waals surface area contributed by atoms with Crippen LogP contribution in [0.1, 0.15) is 31.9 Å². The van der Waals surface area contributed by atoms with Gasteiger partial charge < -0.3 is 19.7 Å². The Labute approximate surface area is 202 Å². The fraction of sp³-hybridized carbons (Fsp3) is 0.320. The van der Waals surface area contributed by atoms with Crippen LogP contribution >= 0.6 is 0 Å². The van der Waals surface area contributed by atoms with Gasteiger partial charge in [-0.15, -0.1) is 0 Å². The van der Waals surface area contributed by atoms with Crippen LogP contribution in [0, 0.1) is 10.1 Å². The summed E-state index contributed by atoms with van der Waals surface area (Å²) in [6, 6.07) is 13.5. The fourth-order valence-corrected chi connectivity index (χ4v) is 3.39. The number of amides is 2. The molecule has 1 aliphatic heterocycles. The number of likely N-dealkylation sites (tertiary alicyclic amines) is 1. The van der Waals surface area contributed by atoms with Gasteiger partial charge in [0.05, 0.1) is 11.0 Å². The summed E-state index contributed by atoms with van der Waals surface area (Å²) in [5, 5.41) is 13.3. The third-order valence-corrected chi connectivity index (χ3v) is 5.05. The van der Waals surface area contributed by atoms with Crippen molar-refractivity contribution in [3.63, 3.8) is 0 Å². The fourth-order valence-electron chi connectivity index (χ4n) is 3.39. The van der Waals surface area contributed by atoms with Gasteiger partial charge in [-0.2, -0.15) is 0 Å². The standard InChI is InChI=1S/C25H27N3O7/c1-25(2,3)35-24(31)26-22-20(14-11-17-7-5-4-6-8-17)27(23(22)30)15-21(29)34-16-18-9-12-19(13-10-18)28(32)33/h4-14,20,22H,15-16H2,1-3H3,(H,26,31). The number of non-ortho nitro benzene ring substituents is 1. The topological polar surface area (TPSA) is 128 Å². The quantitative estimate of drug-likeness (QED) is 0.265. The number of carbonyl (C=O) groups is 3. The van der Waals surface area contributed by atoms with E-state index in [1.165, 1.54) is 29.2 Å². The molecule has 1 aliphatic rings. The third-order valence-electron chi connectivity index (χ3n) is 5.05. The van der Waals surface area contributed by atoms with Gasteiger partial charge in [0.15, 0.2) is 0 Å². The first kappa shape index (κ1) is 25.4. The number of hydrogen-bond donors (Lipinski definition) is 1. The highest BCUT2D eigenvalue weighted by molar-refractivity contribution is 5.95. The largest absolute Gasteiger partial charge is 0.459 e. The van der Waals surface area contributed by atoms with Gasteiger partial charge >= 0.3 is 12.1 Å². The Balaban J connectivity index is 1.64. The summed E-state index contributed by atoms with van der Waals surface area (Å²) in [4.78, 5) is 48.9. The number of nitro benzene ring substituents is 1. The lowest BCUT2D eigenvalue weighted by Crippen LogP contribution is -2.71. The number of nitrogens with zero attached hydrogens (tertiary/aromatic N) is 2. The number of nitrogens with one attached hydrogen (secondary N) is 1. The van der Waals surface area contributed by atoms with Crippen molar-refractivity contribution in [1.29, 1.82) is 0 Å². The molecular weight excluding hydrogens is 454 g/mol. The molecule has 35 heavy (non-hydrogen) atoms. The number of alkyl carbamates (subject to hydrolysis) is 1. The summed E-state index contributed by atoms with van der Waals surface area (Å²) >= 11 is 0. The molecule has 1 N–H and O–H groups in total. The molecule has 1 fully saturated rings. The number of rotatable bonds is 8. The number of ether oxygens (including phenoxy) is 2. The maximum absolute atomic E-state index is 12.7. The molecule has 10 heteroatoms. The lowest BCUT2D eigenvalue weighted by Gasteiger charge is -2.45. The molecule has 184 valence electrons. The molecule has 2 unspecified atom stereocenters. The van der Waals surface area contributed by atoms with Crippen LogP contribution in [0.4, 0.5) is 10.5 Å².